The summed E-state index contributed by atoms with van der Waals surface area (Å²) in [6.07, 6.45) is 6.76. The van der Waals surface area contributed by atoms with Gasteiger partial charge in [0, 0.05) is 42.7 Å². The Morgan fingerprint density at radius 2 is 2.29 bits per heavy atom. The van der Waals surface area contributed by atoms with Crippen LogP contribution in [0, 0.1) is 10.1 Å². The van der Waals surface area contributed by atoms with E-state index in [2.05, 4.69) is 10.3 Å². The molecule has 2 heterocycles. The molecule has 0 radical (unpaired) electrons. The summed E-state index contributed by atoms with van der Waals surface area (Å²) in [7, 11) is 0. The van der Waals surface area contributed by atoms with E-state index >= 15 is 0 Å². The first-order valence-corrected chi connectivity index (χ1v) is 7.12. The van der Waals surface area contributed by atoms with Gasteiger partial charge in [-0.3, -0.25) is 15.1 Å². The van der Waals surface area contributed by atoms with E-state index in [-0.39, 0.29) is 10.6 Å². The Kier molecular flexibility index (Phi) is 3.96. The molecule has 0 amide bonds. The van der Waals surface area contributed by atoms with Gasteiger partial charge in [-0.2, -0.15) is 0 Å². The molecule has 1 aromatic carbocycles. The highest BCUT2D eigenvalue weighted by atomic mass is 16.6. The van der Waals surface area contributed by atoms with Gasteiger partial charge in [-0.05, 0) is 31.4 Å². The number of pyridine rings is 1. The average molecular weight is 287 g/mol. The van der Waals surface area contributed by atoms with Crippen molar-refractivity contribution in [2.75, 3.05) is 18.5 Å². The number of ether oxygens (including phenoxy) is 1. The standard InChI is InChI=1S/C15H17N3O3/c19-18(20)15-4-3-14(13-10-16-7-6-12(13)15)17-8-5-11-2-1-9-21-11/h3-4,6-7,10-11,17H,1-2,5,8-9H2. The number of hydrogen-bond acceptors (Lipinski definition) is 5. The minimum atomic E-state index is -0.363. The second-order valence-corrected chi connectivity index (χ2v) is 5.16. The molecule has 0 aliphatic carbocycles. The third-order valence-electron chi connectivity index (χ3n) is 3.80. The zero-order valence-electron chi connectivity index (χ0n) is 11.6. The fourth-order valence-corrected chi connectivity index (χ4v) is 2.73. The number of nitro groups is 1. The molecule has 6 nitrogen and oxygen atoms in total. The fraction of sp³-hybridized carbons (Fsp3) is 0.400. The van der Waals surface area contributed by atoms with Gasteiger partial charge in [0.15, 0.2) is 0 Å². The van der Waals surface area contributed by atoms with Crippen LogP contribution in [0.5, 0.6) is 0 Å². The Hall–Kier alpha value is -2.21. The molecular weight excluding hydrogens is 270 g/mol. The van der Waals surface area contributed by atoms with Crippen molar-refractivity contribution in [3.05, 3.63) is 40.7 Å². The van der Waals surface area contributed by atoms with E-state index in [4.69, 9.17) is 4.74 Å². The van der Waals surface area contributed by atoms with Gasteiger partial charge in [0.25, 0.3) is 5.69 Å². The van der Waals surface area contributed by atoms with Crippen molar-refractivity contribution in [3.63, 3.8) is 0 Å². The van der Waals surface area contributed by atoms with Crippen LogP contribution in [0.25, 0.3) is 10.8 Å². The second-order valence-electron chi connectivity index (χ2n) is 5.16. The van der Waals surface area contributed by atoms with Crippen molar-refractivity contribution in [1.82, 2.24) is 4.98 Å². The molecule has 1 saturated heterocycles. The van der Waals surface area contributed by atoms with Crippen LogP contribution in [-0.4, -0.2) is 29.2 Å². The van der Waals surface area contributed by atoms with E-state index in [0.717, 1.165) is 43.5 Å². The summed E-state index contributed by atoms with van der Waals surface area (Å²) < 4.78 is 5.59. The lowest BCUT2D eigenvalue weighted by atomic mass is 10.1. The van der Waals surface area contributed by atoms with Crippen LogP contribution in [-0.2, 0) is 4.74 Å². The molecule has 1 N–H and O–H groups in total. The monoisotopic (exact) mass is 287 g/mol. The molecule has 2 aromatic rings. The molecule has 1 aliphatic rings. The maximum absolute atomic E-state index is 11.1. The summed E-state index contributed by atoms with van der Waals surface area (Å²) in [5.41, 5.74) is 0.985. The normalized spacial score (nSPS) is 18.0. The van der Waals surface area contributed by atoms with Gasteiger partial charge in [-0.15, -0.1) is 0 Å². The van der Waals surface area contributed by atoms with E-state index in [1.165, 1.54) is 6.07 Å². The number of aromatic nitrogens is 1. The zero-order chi connectivity index (χ0) is 14.7. The third kappa shape index (κ3) is 2.95. The fourth-order valence-electron chi connectivity index (χ4n) is 2.73. The lowest BCUT2D eigenvalue weighted by Crippen LogP contribution is -2.12. The molecule has 1 unspecified atom stereocenters. The van der Waals surface area contributed by atoms with Crippen molar-refractivity contribution in [3.8, 4) is 0 Å². The zero-order valence-corrected chi connectivity index (χ0v) is 11.6. The molecular formula is C15H17N3O3. The molecule has 0 spiro atoms. The first-order valence-electron chi connectivity index (χ1n) is 7.12. The summed E-state index contributed by atoms with van der Waals surface area (Å²) in [6, 6.07) is 4.97. The highest BCUT2D eigenvalue weighted by molar-refractivity contribution is 5.99. The number of rotatable bonds is 5. The van der Waals surface area contributed by atoms with Crippen molar-refractivity contribution in [1.29, 1.82) is 0 Å². The van der Waals surface area contributed by atoms with Crippen LogP contribution in [0.4, 0.5) is 11.4 Å². The predicted octanol–water partition coefficient (Wildman–Crippen LogP) is 3.12. The number of fused-ring (bicyclic) bond motifs is 1. The topological polar surface area (TPSA) is 77.3 Å². The van der Waals surface area contributed by atoms with Gasteiger partial charge in [-0.1, -0.05) is 0 Å². The molecule has 0 bridgehead atoms. The van der Waals surface area contributed by atoms with Crippen LogP contribution in [0.3, 0.4) is 0 Å². The third-order valence-corrected chi connectivity index (χ3v) is 3.80. The Morgan fingerprint density at radius 3 is 3.05 bits per heavy atom. The highest BCUT2D eigenvalue weighted by Gasteiger charge is 2.16. The Morgan fingerprint density at radius 1 is 1.38 bits per heavy atom. The molecule has 0 saturated carbocycles. The van der Waals surface area contributed by atoms with Crippen LogP contribution in [0.2, 0.25) is 0 Å². The van der Waals surface area contributed by atoms with Gasteiger partial charge in [0.05, 0.1) is 16.4 Å². The van der Waals surface area contributed by atoms with Gasteiger partial charge in [0.2, 0.25) is 0 Å². The van der Waals surface area contributed by atoms with Crippen molar-refractivity contribution >= 4 is 22.1 Å². The van der Waals surface area contributed by atoms with E-state index in [0.29, 0.717) is 11.5 Å². The smallest absolute Gasteiger partial charge is 0.277 e. The summed E-state index contributed by atoms with van der Waals surface area (Å²) in [6.45, 7) is 1.64. The SMILES string of the molecule is O=[N+]([O-])c1ccc(NCCC2CCCO2)c2cnccc12. The quantitative estimate of drug-likeness (QED) is 0.675. The number of anilines is 1. The lowest BCUT2D eigenvalue weighted by molar-refractivity contribution is -0.383. The van der Waals surface area contributed by atoms with Gasteiger partial charge in [-0.25, -0.2) is 0 Å². The summed E-state index contributed by atoms with van der Waals surface area (Å²) in [4.78, 5) is 14.8. The van der Waals surface area contributed by atoms with Crippen LogP contribution in [0.15, 0.2) is 30.6 Å². The van der Waals surface area contributed by atoms with Gasteiger partial charge in [0.1, 0.15) is 0 Å². The molecule has 110 valence electrons. The summed E-state index contributed by atoms with van der Waals surface area (Å²) >= 11 is 0. The van der Waals surface area contributed by atoms with Crippen molar-refractivity contribution < 1.29 is 9.66 Å². The minimum Gasteiger partial charge on any atom is -0.384 e. The van der Waals surface area contributed by atoms with E-state index in [9.17, 15) is 10.1 Å². The minimum absolute atomic E-state index is 0.108. The number of nitrogens with one attached hydrogen (secondary N) is 1. The number of non-ortho nitro benzene ring substituents is 1. The predicted molar refractivity (Wildman–Crippen MR) is 80.5 cm³/mol. The van der Waals surface area contributed by atoms with Gasteiger partial charge >= 0.3 is 0 Å². The van der Waals surface area contributed by atoms with E-state index in [1.54, 1.807) is 24.5 Å². The number of nitrogens with zero attached hydrogens (tertiary/aromatic N) is 2. The largest absolute Gasteiger partial charge is 0.384 e. The number of benzene rings is 1. The van der Waals surface area contributed by atoms with Crippen LogP contribution >= 0.6 is 0 Å². The lowest BCUT2D eigenvalue weighted by Gasteiger charge is -2.12. The maximum Gasteiger partial charge on any atom is 0.277 e. The summed E-state index contributed by atoms with van der Waals surface area (Å²) in [5, 5.41) is 15.8. The molecule has 1 atom stereocenters. The molecule has 1 aliphatic heterocycles. The Labute approximate surface area is 122 Å². The van der Waals surface area contributed by atoms with Crippen LogP contribution in [0.1, 0.15) is 19.3 Å². The Balaban J connectivity index is 1.79. The molecule has 21 heavy (non-hydrogen) atoms. The average Bonchev–Trinajstić information content (AvgIpc) is 3.00. The Bertz CT molecular complexity index is 654. The number of nitro benzene ring substituents is 1. The van der Waals surface area contributed by atoms with E-state index < -0.39 is 0 Å². The maximum atomic E-state index is 11.1. The second kappa shape index (κ2) is 6.05. The van der Waals surface area contributed by atoms with Crippen molar-refractivity contribution in [2.45, 2.75) is 25.4 Å². The highest BCUT2D eigenvalue weighted by Crippen LogP contribution is 2.30. The molecule has 6 heteroatoms. The first-order chi connectivity index (χ1) is 10.3. The molecule has 1 aromatic heterocycles. The van der Waals surface area contributed by atoms with Gasteiger partial charge < -0.3 is 10.1 Å². The first kappa shape index (κ1) is 13.8. The van der Waals surface area contributed by atoms with Crippen molar-refractivity contribution in [2.24, 2.45) is 0 Å². The van der Waals surface area contributed by atoms with Crippen LogP contribution < -0.4 is 5.32 Å². The molecule has 1 fully saturated rings. The van der Waals surface area contributed by atoms with E-state index in [1.807, 2.05) is 0 Å². The molecule has 3 rings (SSSR count). The summed E-state index contributed by atoms with van der Waals surface area (Å²) in [5.74, 6) is 0. The number of hydrogen-bond donors (Lipinski definition) is 1.